The highest BCUT2D eigenvalue weighted by Crippen LogP contribution is 2.19. The Morgan fingerprint density at radius 3 is 3.08 bits per heavy atom. The van der Waals surface area contributed by atoms with E-state index < -0.39 is 0 Å². The van der Waals surface area contributed by atoms with Gasteiger partial charge in [0.15, 0.2) is 0 Å². The van der Waals surface area contributed by atoms with Gasteiger partial charge in [-0.25, -0.2) is 0 Å². The fraction of sp³-hybridized carbons (Fsp3) is 0.300. The van der Waals surface area contributed by atoms with E-state index in [9.17, 15) is 0 Å². The van der Waals surface area contributed by atoms with E-state index in [0.717, 1.165) is 23.1 Å². The standard InChI is InChI=1S/C10H12N2O/c1-7-2-3-9-8(6-7)10(4-5-11)13-12-9/h2-3,6H,4-5,11H2,1H3. The lowest BCUT2D eigenvalue weighted by atomic mass is 10.1. The summed E-state index contributed by atoms with van der Waals surface area (Å²) in [6.45, 7) is 2.65. The summed E-state index contributed by atoms with van der Waals surface area (Å²) >= 11 is 0. The molecule has 0 saturated heterocycles. The van der Waals surface area contributed by atoms with Crippen molar-refractivity contribution in [3.05, 3.63) is 29.5 Å². The number of nitrogens with zero attached hydrogens (tertiary/aromatic N) is 1. The summed E-state index contributed by atoms with van der Waals surface area (Å²) < 4.78 is 5.18. The van der Waals surface area contributed by atoms with Gasteiger partial charge in [0.1, 0.15) is 11.3 Å². The highest BCUT2D eigenvalue weighted by molar-refractivity contribution is 5.81. The largest absolute Gasteiger partial charge is 0.360 e. The van der Waals surface area contributed by atoms with E-state index in [1.54, 1.807) is 0 Å². The van der Waals surface area contributed by atoms with Gasteiger partial charge in [0.25, 0.3) is 0 Å². The molecule has 1 aromatic heterocycles. The lowest BCUT2D eigenvalue weighted by molar-refractivity contribution is 0.392. The summed E-state index contributed by atoms with van der Waals surface area (Å²) in [5.41, 5.74) is 7.59. The third kappa shape index (κ3) is 1.42. The van der Waals surface area contributed by atoms with E-state index in [-0.39, 0.29) is 0 Å². The normalized spacial score (nSPS) is 10.9. The molecule has 3 nitrogen and oxygen atoms in total. The van der Waals surface area contributed by atoms with Crippen molar-refractivity contribution in [1.82, 2.24) is 5.16 Å². The van der Waals surface area contributed by atoms with E-state index in [2.05, 4.69) is 18.1 Å². The summed E-state index contributed by atoms with van der Waals surface area (Å²) in [6.07, 6.45) is 0.750. The van der Waals surface area contributed by atoms with Crippen LogP contribution in [0, 0.1) is 6.92 Å². The van der Waals surface area contributed by atoms with Crippen molar-refractivity contribution in [2.45, 2.75) is 13.3 Å². The van der Waals surface area contributed by atoms with Gasteiger partial charge in [-0.05, 0) is 25.6 Å². The van der Waals surface area contributed by atoms with Crippen LogP contribution < -0.4 is 5.73 Å². The van der Waals surface area contributed by atoms with Crippen LogP contribution in [-0.4, -0.2) is 11.7 Å². The molecule has 0 aliphatic carbocycles. The number of hydrogen-bond donors (Lipinski definition) is 1. The number of aryl methyl sites for hydroxylation is 1. The first-order chi connectivity index (χ1) is 6.31. The van der Waals surface area contributed by atoms with Gasteiger partial charge in [0, 0.05) is 11.8 Å². The third-order valence-electron chi connectivity index (χ3n) is 2.08. The van der Waals surface area contributed by atoms with Gasteiger partial charge < -0.3 is 10.3 Å². The molecular formula is C10H12N2O. The molecule has 68 valence electrons. The van der Waals surface area contributed by atoms with Crippen molar-refractivity contribution in [1.29, 1.82) is 0 Å². The van der Waals surface area contributed by atoms with Crippen LogP contribution in [0.3, 0.4) is 0 Å². The van der Waals surface area contributed by atoms with Gasteiger partial charge in [0.05, 0.1) is 0 Å². The lowest BCUT2D eigenvalue weighted by Crippen LogP contribution is -2.01. The Balaban J connectivity index is 2.58. The summed E-state index contributed by atoms with van der Waals surface area (Å²) in [5.74, 6) is 0.890. The summed E-state index contributed by atoms with van der Waals surface area (Å²) in [7, 11) is 0. The molecule has 0 aliphatic heterocycles. The molecule has 0 spiro atoms. The minimum absolute atomic E-state index is 0.595. The van der Waals surface area contributed by atoms with Crippen molar-refractivity contribution in [2.75, 3.05) is 6.54 Å². The monoisotopic (exact) mass is 176 g/mol. The van der Waals surface area contributed by atoms with Crippen LogP contribution in [0.1, 0.15) is 11.3 Å². The quantitative estimate of drug-likeness (QED) is 0.756. The average Bonchev–Trinajstić information content (AvgIpc) is 2.49. The maximum Gasteiger partial charge on any atom is 0.145 e. The molecule has 2 N–H and O–H groups in total. The maximum atomic E-state index is 5.46. The minimum Gasteiger partial charge on any atom is -0.360 e. The molecule has 0 saturated carbocycles. The Hall–Kier alpha value is -1.35. The SMILES string of the molecule is Cc1ccc2noc(CCN)c2c1. The summed E-state index contributed by atoms with van der Waals surface area (Å²) in [5, 5.41) is 5.04. The van der Waals surface area contributed by atoms with Crippen molar-refractivity contribution in [2.24, 2.45) is 5.73 Å². The zero-order valence-electron chi connectivity index (χ0n) is 7.58. The zero-order valence-corrected chi connectivity index (χ0v) is 7.58. The molecule has 0 radical (unpaired) electrons. The van der Waals surface area contributed by atoms with Crippen LogP contribution in [-0.2, 0) is 6.42 Å². The average molecular weight is 176 g/mol. The predicted octanol–water partition coefficient (Wildman–Crippen LogP) is 1.64. The molecule has 0 unspecified atom stereocenters. The number of aromatic nitrogens is 1. The number of benzene rings is 1. The van der Waals surface area contributed by atoms with Crippen LogP contribution in [0.25, 0.3) is 10.9 Å². The van der Waals surface area contributed by atoms with E-state index in [0.29, 0.717) is 6.54 Å². The lowest BCUT2D eigenvalue weighted by Gasteiger charge is -1.93. The van der Waals surface area contributed by atoms with E-state index >= 15 is 0 Å². The Morgan fingerprint density at radius 1 is 1.46 bits per heavy atom. The van der Waals surface area contributed by atoms with Crippen LogP contribution in [0.5, 0.6) is 0 Å². The fourth-order valence-corrected chi connectivity index (χ4v) is 1.42. The molecule has 2 aromatic rings. The first kappa shape index (κ1) is 8.26. The Kier molecular flexibility index (Phi) is 2.02. The smallest absolute Gasteiger partial charge is 0.145 e. The van der Waals surface area contributed by atoms with Gasteiger partial charge in [-0.1, -0.05) is 16.8 Å². The highest BCUT2D eigenvalue weighted by Gasteiger charge is 2.06. The topological polar surface area (TPSA) is 52.0 Å². The first-order valence-corrected chi connectivity index (χ1v) is 4.36. The second kappa shape index (κ2) is 3.18. The van der Waals surface area contributed by atoms with Gasteiger partial charge >= 0.3 is 0 Å². The molecule has 0 aliphatic rings. The third-order valence-corrected chi connectivity index (χ3v) is 2.08. The Labute approximate surface area is 76.5 Å². The molecule has 3 heteroatoms. The molecule has 0 bridgehead atoms. The molecule has 0 fully saturated rings. The van der Waals surface area contributed by atoms with Gasteiger partial charge in [-0.3, -0.25) is 0 Å². The number of nitrogens with two attached hydrogens (primary N) is 1. The van der Waals surface area contributed by atoms with Gasteiger partial charge in [-0.2, -0.15) is 0 Å². The first-order valence-electron chi connectivity index (χ1n) is 4.36. The van der Waals surface area contributed by atoms with Crippen molar-refractivity contribution < 1.29 is 4.52 Å². The molecule has 1 aromatic carbocycles. The Morgan fingerprint density at radius 2 is 2.31 bits per heavy atom. The van der Waals surface area contributed by atoms with Crippen LogP contribution in [0.2, 0.25) is 0 Å². The summed E-state index contributed by atoms with van der Waals surface area (Å²) in [4.78, 5) is 0. The van der Waals surface area contributed by atoms with Gasteiger partial charge in [-0.15, -0.1) is 0 Å². The minimum atomic E-state index is 0.595. The highest BCUT2D eigenvalue weighted by atomic mass is 16.5. The molecular weight excluding hydrogens is 164 g/mol. The summed E-state index contributed by atoms with van der Waals surface area (Å²) in [6, 6.07) is 6.07. The zero-order chi connectivity index (χ0) is 9.26. The van der Waals surface area contributed by atoms with Crippen LogP contribution >= 0.6 is 0 Å². The van der Waals surface area contributed by atoms with E-state index in [1.807, 2.05) is 12.1 Å². The molecule has 1 heterocycles. The second-order valence-corrected chi connectivity index (χ2v) is 3.17. The maximum absolute atomic E-state index is 5.46. The van der Waals surface area contributed by atoms with Crippen molar-refractivity contribution >= 4 is 10.9 Å². The molecule has 13 heavy (non-hydrogen) atoms. The van der Waals surface area contributed by atoms with E-state index in [1.165, 1.54) is 5.56 Å². The number of fused-ring (bicyclic) bond motifs is 1. The van der Waals surface area contributed by atoms with Crippen LogP contribution in [0.4, 0.5) is 0 Å². The van der Waals surface area contributed by atoms with Crippen molar-refractivity contribution in [3.8, 4) is 0 Å². The predicted molar refractivity (Wildman–Crippen MR) is 51.5 cm³/mol. The molecule has 2 rings (SSSR count). The number of hydrogen-bond acceptors (Lipinski definition) is 3. The number of rotatable bonds is 2. The molecule has 0 atom stereocenters. The van der Waals surface area contributed by atoms with E-state index in [4.69, 9.17) is 10.3 Å². The second-order valence-electron chi connectivity index (χ2n) is 3.17. The van der Waals surface area contributed by atoms with Crippen molar-refractivity contribution in [3.63, 3.8) is 0 Å². The fourth-order valence-electron chi connectivity index (χ4n) is 1.42. The molecule has 0 amide bonds. The Bertz CT molecular complexity index is 420. The van der Waals surface area contributed by atoms with Gasteiger partial charge in [0.2, 0.25) is 0 Å². The van der Waals surface area contributed by atoms with Crippen LogP contribution in [0.15, 0.2) is 22.7 Å².